The van der Waals surface area contributed by atoms with Gasteiger partial charge in [-0.05, 0) is 38.7 Å². The standard InChI is InChI=1S/C18H34N6OS/c1-13-22-23-15(24(13)5)12-20-16(19-9-8-10-26-7)21-14-11-18(4,25-6)17(14,2)3/h14H,8-12H2,1-7H3,(H2,19,20,21). The SMILES string of the molecule is COC1(C)CC(NC(=NCc2nnc(C)n2C)NCCCSC)C1(C)C. The van der Waals surface area contributed by atoms with Gasteiger partial charge in [-0.25, -0.2) is 4.99 Å². The number of aliphatic imine (C=N–C) groups is 1. The summed E-state index contributed by atoms with van der Waals surface area (Å²) >= 11 is 1.86. The van der Waals surface area contributed by atoms with E-state index in [0.29, 0.717) is 12.6 Å². The summed E-state index contributed by atoms with van der Waals surface area (Å²) in [6.07, 6.45) is 4.20. The molecule has 1 aromatic rings. The summed E-state index contributed by atoms with van der Waals surface area (Å²) < 4.78 is 7.71. The molecule has 1 saturated carbocycles. The largest absolute Gasteiger partial charge is 0.378 e. The van der Waals surface area contributed by atoms with Crippen molar-refractivity contribution in [1.82, 2.24) is 25.4 Å². The number of aryl methyl sites for hydroxylation is 1. The van der Waals surface area contributed by atoms with Gasteiger partial charge < -0.3 is 19.9 Å². The van der Waals surface area contributed by atoms with Gasteiger partial charge in [0.05, 0.1) is 5.60 Å². The van der Waals surface area contributed by atoms with Gasteiger partial charge in [-0.3, -0.25) is 0 Å². The first-order valence-corrected chi connectivity index (χ1v) is 10.6. The lowest BCUT2D eigenvalue weighted by molar-refractivity contribution is -0.176. The maximum Gasteiger partial charge on any atom is 0.191 e. The third-order valence-electron chi connectivity index (χ3n) is 5.97. The van der Waals surface area contributed by atoms with Crippen molar-refractivity contribution in [2.75, 3.05) is 25.7 Å². The van der Waals surface area contributed by atoms with Gasteiger partial charge >= 0.3 is 0 Å². The fourth-order valence-electron chi connectivity index (χ4n) is 3.20. The summed E-state index contributed by atoms with van der Waals surface area (Å²) in [4.78, 5) is 4.75. The summed E-state index contributed by atoms with van der Waals surface area (Å²) in [6.45, 7) is 10.0. The molecule has 0 aliphatic heterocycles. The highest BCUT2D eigenvalue weighted by Gasteiger charge is 2.58. The number of rotatable bonds is 8. The number of nitrogens with one attached hydrogen (secondary N) is 2. The Morgan fingerprint density at radius 3 is 2.65 bits per heavy atom. The van der Waals surface area contributed by atoms with Crippen molar-refractivity contribution < 1.29 is 4.74 Å². The van der Waals surface area contributed by atoms with Gasteiger partial charge in [0.1, 0.15) is 12.4 Å². The van der Waals surface area contributed by atoms with Crippen molar-refractivity contribution >= 4 is 17.7 Å². The monoisotopic (exact) mass is 382 g/mol. The van der Waals surface area contributed by atoms with Gasteiger partial charge in [-0.1, -0.05) is 13.8 Å². The maximum absolute atomic E-state index is 5.74. The Balaban J connectivity index is 2.04. The predicted octanol–water partition coefficient (Wildman–Crippen LogP) is 2.12. The second kappa shape index (κ2) is 8.61. The lowest BCUT2D eigenvalue weighted by Gasteiger charge is -2.59. The first-order chi connectivity index (χ1) is 12.2. The van der Waals surface area contributed by atoms with Crippen LogP contribution in [0.15, 0.2) is 4.99 Å². The Kier molecular flexibility index (Phi) is 6.96. The number of hydrogen-bond acceptors (Lipinski definition) is 5. The fourth-order valence-corrected chi connectivity index (χ4v) is 3.64. The van der Waals surface area contributed by atoms with Gasteiger partial charge in [0.15, 0.2) is 11.8 Å². The molecule has 26 heavy (non-hydrogen) atoms. The molecule has 0 radical (unpaired) electrons. The van der Waals surface area contributed by atoms with Crippen LogP contribution in [0.4, 0.5) is 0 Å². The molecule has 0 bridgehead atoms. The van der Waals surface area contributed by atoms with Crippen LogP contribution in [0.25, 0.3) is 0 Å². The summed E-state index contributed by atoms with van der Waals surface area (Å²) in [5.41, 5.74) is -0.0693. The van der Waals surface area contributed by atoms with E-state index in [1.54, 1.807) is 7.11 Å². The van der Waals surface area contributed by atoms with Crippen LogP contribution in [0.3, 0.4) is 0 Å². The van der Waals surface area contributed by atoms with Gasteiger partial charge in [0.25, 0.3) is 0 Å². The van der Waals surface area contributed by atoms with Crippen molar-refractivity contribution in [3.63, 3.8) is 0 Å². The van der Waals surface area contributed by atoms with E-state index in [0.717, 1.165) is 42.7 Å². The minimum absolute atomic E-state index is 0.0326. The maximum atomic E-state index is 5.74. The molecule has 2 rings (SSSR count). The number of hydrogen-bond donors (Lipinski definition) is 2. The van der Waals surface area contributed by atoms with Crippen LogP contribution in [-0.2, 0) is 18.3 Å². The zero-order chi connectivity index (χ0) is 19.4. The van der Waals surface area contributed by atoms with Crippen LogP contribution in [-0.4, -0.2) is 58.0 Å². The first kappa shape index (κ1) is 21.0. The first-order valence-electron chi connectivity index (χ1n) is 9.19. The molecule has 2 unspecified atom stereocenters. The fraction of sp³-hybridized carbons (Fsp3) is 0.833. The molecule has 7 nitrogen and oxygen atoms in total. The van der Waals surface area contributed by atoms with Gasteiger partial charge in [0, 0.05) is 32.2 Å². The third-order valence-corrected chi connectivity index (χ3v) is 6.67. The van der Waals surface area contributed by atoms with Crippen LogP contribution in [0.2, 0.25) is 0 Å². The van der Waals surface area contributed by atoms with Crippen LogP contribution in [0, 0.1) is 12.3 Å². The molecule has 2 N–H and O–H groups in total. The highest BCUT2D eigenvalue weighted by molar-refractivity contribution is 7.98. The van der Waals surface area contributed by atoms with E-state index in [1.807, 2.05) is 30.3 Å². The van der Waals surface area contributed by atoms with Crippen molar-refractivity contribution in [3.05, 3.63) is 11.6 Å². The van der Waals surface area contributed by atoms with Gasteiger partial charge in [-0.15, -0.1) is 10.2 Å². The second-order valence-electron chi connectivity index (χ2n) is 7.72. The summed E-state index contributed by atoms with van der Waals surface area (Å²) in [5, 5.41) is 15.4. The molecule has 1 aromatic heterocycles. The van der Waals surface area contributed by atoms with Crippen LogP contribution in [0.1, 0.15) is 45.3 Å². The molecule has 0 saturated heterocycles. The highest BCUT2D eigenvalue weighted by atomic mass is 32.2. The molecule has 0 aromatic carbocycles. The van der Waals surface area contributed by atoms with Crippen LogP contribution in [0.5, 0.6) is 0 Å². The third kappa shape index (κ3) is 4.34. The predicted molar refractivity (Wildman–Crippen MR) is 109 cm³/mol. The number of methoxy groups -OCH3 is 1. The molecule has 1 fully saturated rings. The summed E-state index contributed by atoms with van der Waals surface area (Å²) in [6, 6.07) is 0.320. The molecule has 1 aliphatic rings. The van der Waals surface area contributed by atoms with E-state index < -0.39 is 0 Å². The van der Waals surface area contributed by atoms with E-state index in [-0.39, 0.29) is 11.0 Å². The molecule has 2 atom stereocenters. The lowest BCUT2D eigenvalue weighted by atomic mass is 9.56. The van der Waals surface area contributed by atoms with Crippen molar-refractivity contribution in [3.8, 4) is 0 Å². The molecule has 1 heterocycles. The molecule has 148 valence electrons. The number of aromatic nitrogens is 3. The average Bonchev–Trinajstić information content (AvgIpc) is 2.93. The molecule has 0 amide bonds. The highest BCUT2D eigenvalue weighted by Crippen LogP contribution is 2.51. The number of ether oxygens (including phenoxy) is 1. The summed E-state index contributed by atoms with van der Waals surface area (Å²) in [7, 11) is 3.77. The van der Waals surface area contributed by atoms with Gasteiger partial charge in [0.2, 0.25) is 0 Å². The lowest BCUT2D eigenvalue weighted by Crippen LogP contribution is -2.69. The molecule has 8 heteroatoms. The van der Waals surface area contributed by atoms with E-state index in [1.165, 1.54) is 0 Å². The Morgan fingerprint density at radius 2 is 2.12 bits per heavy atom. The minimum atomic E-state index is -0.102. The topological polar surface area (TPSA) is 76.4 Å². The smallest absolute Gasteiger partial charge is 0.191 e. The zero-order valence-electron chi connectivity index (χ0n) is 17.2. The average molecular weight is 383 g/mol. The normalized spacial score (nSPS) is 25.0. The van der Waals surface area contributed by atoms with Crippen molar-refractivity contribution in [2.45, 2.75) is 58.7 Å². The zero-order valence-corrected chi connectivity index (χ0v) is 18.0. The van der Waals surface area contributed by atoms with E-state index in [4.69, 9.17) is 9.73 Å². The number of thioether (sulfide) groups is 1. The van der Waals surface area contributed by atoms with Crippen molar-refractivity contribution in [1.29, 1.82) is 0 Å². The Morgan fingerprint density at radius 1 is 1.38 bits per heavy atom. The van der Waals surface area contributed by atoms with Crippen LogP contribution >= 0.6 is 11.8 Å². The molecular weight excluding hydrogens is 348 g/mol. The second-order valence-corrected chi connectivity index (χ2v) is 8.70. The Bertz CT molecular complexity index is 629. The van der Waals surface area contributed by atoms with E-state index >= 15 is 0 Å². The van der Waals surface area contributed by atoms with Crippen LogP contribution < -0.4 is 10.6 Å². The quantitative estimate of drug-likeness (QED) is 0.407. The molecule has 1 aliphatic carbocycles. The van der Waals surface area contributed by atoms with E-state index in [2.05, 4.69) is 47.9 Å². The number of guanidine groups is 1. The Hall–Kier alpha value is -1.28. The Labute approximate surface area is 161 Å². The summed E-state index contributed by atoms with van der Waals surface area (Å²) in [5.74, 6) is 3.73. The minimum Gasteiger partial charge on any atom is -0.378 e. The molecule has 0 spiro atoms. The number of nitrogens with zero attached hydrogens (tertiary/aromatic N) is 4. The van der Waals surface area contributed by atoms with E-state index in [9.17, 15) is 0 Å². The molecular formula is C18H34N6OS. The van der Waals surface area contributed by atoms with Crippen molar-refractivity contribution in [2.24, 2.45) is 17.5 Å². The van der Waals surface area contributed by atoms with Gasteiger partial charge in [-0.2, -0.15) is 11.8 Å².